The van der Waals surface area contributed by atoms with E-state index in [9.17, 15) is 0 Å². The van der Waals surface area contributed by atoms with Crippen LogP contribution < -0.4 is 5.32 Å². The van der Waals surface area contributed by atoms with Crippen molar-refractivity contribution in [1.82, 2.24) is 4.90 Å². The molecule has 0 bridgehead atoms. The number of anilines is 1. The summed E-state index contributed by atoms with van der Waals surface area (Å²) in [4.78, 5) is 2.44. The lowest BCUT2D eigenvalue weighted by Gasteiger charge is -2.35. The summed E-state index contributed by atoms with van der Waals surface area (Å²) < 4.78 is 5.73. The minimum atomic E-state index is 0.308. The molecule has 0 radical (unpaired) electrons. The van der Waals surface area contributed by atoms with Gasteiger partial charge in [0.05, 0.1) is 23.5 Å². The SMILES string of the molecule is CC1CN(CCCNc2ccc(Cl)cc2C#N)CC(C)O1. The first-order valence-electron chi connectivity index (χ1n) is 7.40. The van der Waals surface area contributed by atoms with Gasteiger partial charge in [-0.25, -0.2) is 0 Å². The first kappa shape index (κ1) is 16.1. The van der Waals surface area contributed by atoms with E-state index in [1.807, 2.05) is 6.07 Å². The van der Waals surface area contributed by atoms with E-state index in [0.717, 1.165) is 38.3 Å². The Labute approximate surface area is 131 Å². The summed E-state index contributed by atoms with van der Waals surface area (Å²) in [6.07, 6.45) is 1.65. The number of benzene rings is 1. The van der Waals surface area contributed by atoms with E-state index in [0.29, 0.717) is 22.8 Å². The molecule has 0 amide bonds. The number of halogens is 1. The molecule has 1 aromatic carbocycles. The summed E-state index contributed by atoms with van der Waals surface area (Å²) in [5.41, 5.74) is 1.45. The molecule has 2 unspecified atom stereocenters. The Morgan fingerprint density at radius 2 is 2.10 bits per heavy atom. The molecule has 0 aliphatic carbocycles. The summed E-state index contributed by atoms with van der Waals surface area (Å²) in [5.74, 6) is 0. The van der Waals surface area contributed by atoms with Gasteiger partial charge in [0.1, 0.15) is 6.07 Å². The largest absolute Gasteiger partial charge is 0.384 e. The van der Waals surface area contributed by atoms with Gasteiger partial charge < -0.3 is 10.1 Å². The van der Waals surface area contributed by atoms with Crippen molar-refractivity contribution in [3.8, 4) is 6.07 Å². The Bertz CT molecular complexity index is 505. The van der Waals surface area contributed by atoms with Crippen LogP contribution in [0, 0.1) is 11.3 Å². The molecular weight excluding hydrogens is 286 g/mol. The second kappa shape index (κ2) is 7.65. The number of ether oxygens (including phenoxy) is 1. The van der Waals surface area contributed by atoms with Gasteiger partial charge in [-0.2, -0.15) is 5.26 Å². The van der Waals surface area contributed by atoms with Crippen molar-refractivity contribution < 1.29 is 4.74 Å². The summed E-state index contributed by atoms with van der Waals surface area (Å²) in [6.45, 7) is 8.11. The summed E-state index contributed by atoms with van der Waals surface area (Å²) in [7, 11) is 0. The molecule has 1 aromatic rings. The van der Waals surface area contributed by atoms with Crippen molar-refractivity contribution >= 4 is 17.3 Å². The minimum absolute atomic E-state index is 0.308. The third-order valence-corrected chi connectivity index (χ3v) is 3.80. The highest BCUT2D eigenvalue weighted by Gasteiger charge is 2.21. The molecule has 1 aliphatic heterocycles. The van der Waals surface area contributed by atoms with Gasteiger partial charge in [0.2, 0.25) is 0 Å². The van der Waals surface area contributed by atoms with Crippen LogP contribution >= 0.6 is 11.6 Å². The van der Waals surface area contributed by atoms with Crippen LogP contribution in [0.25, 0.3) is 0 Å². The minimum Gasteiger partial charge on any atom is -0.384 e. The van der Waals surface area contributed by atoms with Crippen LogP contribution in [-0.2, 0) is 4.74 Å². The van der Waals surface area contributed by atoms with Crippen molar-refractivity contribution in [1.29, 1.82) is 5.26 Å². The van der Waals surface area contributed by atoms with Crippen LogP contribution in [0.2, 0.25) is 5.02 Å². The Kier molecular flexibility index (Phi) is 5.86. The molecule has 114 valence electrons. The fourth-order valence-electron chi connectivity index (χ4n) is 2.76. The number of rotatable bonds is 5. The summed E-state index contributed by atoms with van der Waals surface area (Å²) >= 11 is 5.89. The van der Waals surface area contributed by atoms with E-state index in [4.69, 9.17) is 21.6 Å². The Morgan fingerprint density at radius 1 is 1.38 bits per heavy atom. The summed E-state index contributed by atoms with van der Waals surface area (Å²) in [6, 6.07) is 7.52. The first-order valence-corrected chi connectivity index (χ1v) is 7.77. The zero-order chi connectivity index (χ0) is 15.2. The Hall–Kier alpha value is -1.28. The standard InChI is InChI=1S/C16H22ClN3O/c1-12-10-20(11-13(2)21-12)7-3-6-19-16-5-4-15(17)8-14(16)9-18/h4-5,8,12-13,19H,3,6-7,10-11H2,1-2H3. The number of morpholine rings is 1. The molecule has 2 rings (SSSR count). The maximum absolute atomic E-state index is 9.09. The van der Waals surface area contributed by atoms with Crippen LogP contribution in [0.5, 0.6) is 0 Å². The van der Waals surface area contributed by atoms with Crippen molar-refractivity contribution in [2.45, 2.75) is 32.5 Å². The molecule has 2 atom stereocenters. The quantitative estimate of drug-likeness (QED) is 0.849. The lowest BCUT2D eigenvalue weighted by Crippen LogP contribution is -2.45. The van der Waals surface area contributed by atoms with Crippen LogP contribution in [-0.4, -0.2) is 43.3 Å². The van der Waals surface area contributed by atoms with Gasteiger partial charge in [-0.1, -0.05) is 11.6 Å². The molecular formula is C16H22ClN3O. The van der Waals surface area contributed by atoms with E-state index >= 15 is 0 Å². The van der Waals surface area contributed by atoms with Crippen LogP contribution in [0.3, 0.4) is 0 Å². The molecule has 1 heterocycles. The van der Waals surface area contributed by atoms with Gasteiger partial charge in [0, 0.05) is 31.2 Å². The van der Waals surface area contributed by atoms with Crippen molar-refractivity contribution in [3.05, 3.63) is 28.8 Å². The van der Waals surface area contributed by atoms with Gasteiger partial charge in [0.15, 0.2) is 0 Å². The first-order chi connectivity index (χ1) is 10.1. The fourth-order valence-corrected chi connectivity index (χ4v) is 2.93. The normalized spacial score (nSPS) is 22.8. The number of nitrogens with one attached hydrogen (secondary N) is 1. The van der Waals surface area contributed by atoms with Gasteiger partial charge in [-0.3, -0.25) is 4.90 Å². The fraction of sp³-hybridized carbons (Fsp3) is 0.562. The highest BCUT2D eigenvalue weighted by atomic mass is 35.5. The van der Waals surface area contributed by atoms with Crippen molar-refractivity contribution in [2.75, 3.05) is 31.5 Å². The second-order valence-corrected chi connectivity index (χ2v) is 6.04. The average Bonchev–Trinajstić information content (AvgIpc) is 2.43. The molecule has 1 saturated heterocycles. The zero-order valence-electron chi connectivity index (χ0n) is 12.6. The number of hydrogen-bond donors (Lipinski definition) is 1. The molecule has 0 spiro atoms. The molecule has 1 fully saturated rings. The predicted octanol–water partition coefficient (Wildman–Crippen LogP) is 3.12. The highest BCUT2D eigenvalue weighted by molar-refractivity contribution is 6.30. The Morgan fingerprint density at radius 3 is 2.76 bits per heavy atom. The topological polar surface area (TPSA) is 48.3 Å². The third kappa shape index (κ3) is 4.89. The van der Waals surface area contributed by atoms with Crippen LogP contribution in [0.15, 0.2) is 18.2 Å². The van der Waals surface area contributed by atoms with E-state index in [1.54, 1.807) is 12.1 Å². The van der Waals surface area contributed by atoms with E-state index in [-0.39, 0.29) is 0 Å². The third-order valence-electron chi connectivity index (χ3n) is 3.56. The van der Waals surface area contributed by atoms with Crippen molar-refractivity contribution in [3.63, 3.8) is 0 Å². The average molecular weight is 308 g/mol. The molecule has 0 aromatic heterocycles. The predicted molar refractivity (Wildman–Crippen MR) is 85.7 cm³/mol. The molecule has 4 nitrogen and oxygen atoms in total. The molecule has 5 heteroatoms. The zero-order valence-corrected chi connectivity index (χ0v) is 13.4. The van der Waals surface area contributed by atoms with E-state index < -0.39 is 0 Å². The smallest absolute Gasteiger partial charge is 0.101 e. The highest BCUT2D eigenvalue weighted by Crippen LogP contribution is 2.19. The van der Waals surface area contributed by atoms with Gasteiger partial charge in [-0.05, 0) is 38.5 Å². The maximum atomic E-state index is 9.09. The lowest BCUT2D eigenvalue weighted by molar-refractivity contribution is -0.0678. The van der Waals surface area contributed by atoms with E-state index in [1.165, 1.54) is 0 Å². The number of nitriles is 1. The van der Waals surface area contributed by atoms with Gasteiger partial charge >= 0.3 is 0 Å². The summed E-state index contributed by atoms with van der Waals surface area (Å²) in [5, 5.41) is 13.0. The van der Waals surface area contributed by atoms with Crippen LogP contribution in [0.4, 0.5) is 5.69 Å². The Balaban J connectivity index is 1.76. The monoisotopic (exact) mass is 307 g/mol. The van der Waals surface area contributed by atoms with Crippen molar-refractivity contribution in [2.24, 2.45) is 0 Å². The van der Waals surface area contributed by atoms with E-state index in [2.05, 4.69) is 30.1 Å². The van der Waals surface area contributed by atoms with Gasteiger partial charge in [-0.15, -0.1) is 0 Å². The maximum Gasteiger partial charge on any atom is 0.101 e. The molecule has 0 saturated carbocycles. The molecule has 21 heavy (non-hydrogen) atoms. The number of hydrogen-bond acceptors (Lipinski definition) is 4. The van der Waals surface area contributed by atoms with Crippen LogP contribution in [0.1, 0.15) is 25.8 Å². The lowest BCUT2D eigenvalue weighted by atomic mass is 10.2. The number of nitrogens with zero attached hydrogens (tertiary/aromatic N) is 2. The molecule has 1 aliphatic rings. The molecule has 1 N–H and O–H groups in total. The second-order valence-electron chi connectivity index (χ2n) is 5.60. The van der Waals surface area contributed by atoms with Gasteiger partial charge in [0.25, 0.3) is 0 Å².